The first-order valence-corrected chi connectivity index (χ1v) is 25.7. The zero-order chi connectivity index (χ0) is 48.5. The van der Waals surface area contributed by atoms with Crippen molar-refractivity contribution in [3.8, 4) is 44.5 Å². The zero-order valence-corrected chi connectivity index (χ0v) is 42.3. The Morgan fingerprint density at radius 2 is 0.930 bits per heavy atom. The van der Waals surface area contributed by atoms with Crippen LogP contribution in [0.5, 0.6) is 0 Å². The minimum absolute atomic E-state index is 0.187. The van der Waals surface area contributed by atoms with Gasteiger partial charge in [0.1, 0.15) is 22.3 Å². The van der Waals surface area contributed by atoms with Crippen molar-refractivity contribution in [1.29, 1.82) is 0 Å². The van der Waals surface area contributed by atoms with Crippen molar-refractivity contribution in [2.24, 2.45) is 0 Å². The van der Waals surface area contributed by atoms with Crippen LogP contribution in [-0.2, 0) is 29.1 Å². The molecule has 2 heterocycles. The normalized spacial score (nSPS) is 15.8. The first kappa shape index (κ1) is 42.5. The van der Waals surface area contributed by atoms with E-state index in [2.05, 4.69) is 220 Å². The molecule has 0 bridgehead atoms. The molecule has 2 aromatic heterocycles. The molecule has 0 saturated heterocycles. The number of hydrogen-bond donors (Lipinski definition) is 0. The molecule has 0 radical (unpaired) electrons. The lowest BCUT2D eigenvalue weighted by Crippen LogP contribution is -2.24. The molecule has 14 rings (SSSR count). The number of hydrogen-bond acceptors (Lipinski definition) is 2. The Morgan fingerprint density at radius 3 is 1.62 bits per heavy atom. The number of rotatable bonds is 6. The van der Waals surface area contributed by atoms with Gasteiger partial charge in [0.05, 0.1) is 0 Å². The molecular weight excluding hydrogens is 861 g/mol. The lowest BCUT2D eigenvalue weighted by Gasteiger charge is -2.31. The van der Waals surface area contributed by atoms with Gasteiger partial charge in [0, 0.05) is 48.9 Å². The van der Waals surface area contributed by atoms with Gasteiger partial charge >= 0.3 is 0 Å². The second kappa shape index (κ2) is 14.6. The average molecular weight is 919 g/mol. The predicted octanol–water partition coefficient (Wildman–Crippen LogP) is 18.6. The number of aryl methyl sites for hydroxylation is 3. The van der Waals surface area contributed by atoms with Gasteiger partial charge in [-0.1, -0.05) is 187 Å². The summed E-state index contributed by atoms with van der Waals surface area (Å²) in [5.41, 5.74) is 30.1. The molecule has 9 aromatic carbocycles. The summed E-state index contributed by atoms with van der Waals surface area (Å²) < 4.78 is 13.8. The summed E-state index contributed by atoms with van der Waals surface area (Å²) >= 11 is 0. The minimum Gasteiger partial charge on any atom is -0.455 e. The van der Waals surface area contributed by atoms with Crippen molar-refractivity contribution >= 4 is 43.9 Å². The summed E-state index contributed by atoms with van der Waals surface area (Å²) in [6.07, 6.45) is 1.87. The van der Waals surface area contributed by atoms with Crippen molar-refractivity contribution < 1.29 is 8.83 Å². The minimum atomic E-state index is -0.237. The number of benzene rings is 9. The fourth-order valence-corrected chi connectivity index (χ4v) is 14.2. The van der Waals surface area contributed by atoms with Crippen LogP contribution in [0.2, 0.25) is 0 Å². The quantitative estimate of drug-likeness (QED) is 0.166. The van der Waals surface area contributed by atoms with Gasteiger partial charge < -0.3 is 8.83 Å². The molecule has 0 fully saturated rings. The van der Waals surface area contributed by atoms with Crippen molar-refractivity contribution in [3.05, 3.63) is 224 Å². The van der Waals surface area contributed by atoms with Crippen LogP contribution in [0.3, 0.4) is 0 Å². The van der Waals surface area contributed by atoms with E-state index in [9.17, 15) is 0 Å². The highest BCUT2D eigenvalue weighted by Crippen LogP contribution is 2.63. The Balaban J connectivity index is 0.888. The molecule has 0 amide bonds. The Labute approximate surface area is 417 Å². The second-order valence-corrected chi connectivity index (χ2v) is 22.9. The van der Waals surface area contributed by atoms with Gasteiger partial charge in [-0.3, -0.25) is 0 Å². The fraction of sp³-hybridized carbons (Fsp3) is 0.217. The Morgan fingerprint density at radius 1 is 0.394 bits per heavy atom. The van der Waals surface area contributed by atoms with Gasteiger partial charge in [-0.2, -0.15) is 0 Å². The third kappa shape index (κ3) is 5.77. The van der Waals surface area contributed by atoms with Crippen molar-refractivity contribution in [3.63, 3.8) is 0 Å². The van der Waals surface area contributed by atoms with E-state index in [0.29, 0.717) is 0 Å². The van der Waals surface area contributed by atoms with E-state index in [1.807, 2.05) is 0 Å². The van der Waals surface area contributed by atoms with Crippen LogP contribution in [0.25, 0.3) is 88.4 Å². The third-order valence-corrected chi connectivity index (χ3v) is 17.6. The fourth-order valence-electron chi connectivity index (χ4n) is 14.2. The summed E-state index contributed by atoms with van der Waals surface area (Å²) in [7, 11) is 0. The van der Waals surface area contributed by atoms with Gasteiger partial charge in [0.15, 0.2) is 0 Å². The van der Waals surface area contributed by atoms with E-state index in [1.54, 1.807) is 0 Å². The van der Waals surface area contributed by atoms with Crippen molar-refractivity contribution in [2.75, 3.05) is 0 Å². The van der Waals surface area contributed by atoms with Crippen molar-refractivity contribution in [2.45, 2.75) is 97.3 Å². The maximum absolute atomic E-state index is 6.97. The van der Waals surface area contributed by atoms with Crippen LogP contribution in [0, 0.1) is 20.8 Å². The number of furan rings is 2. The van der Waals surface area contributed by atoms with Crippen LogP contribution >= 0.6 is 0 Å². The molecule has 11 aromatic rings. The molecule has 2 heteroatoms. The van der Waals surface area contributed by atoms with Crippen molar-refractivity contribution in [1.82, 2.24) is 0 Å². The smallest absolute Gasteiger partial charge is 0.144 e. The molecule has 1 atom stereocenters. The Bertz CT molecular complexity index is 4120. The molecular formula is C69H58O2. The monoisotopic (exact) mass is 918 g/mol. The molecule has 3 aliphatic carbocycles. The number of para-hydroxylation sites is 2. The SMILES string of the molecule is Cc1ccc(-c2cc3c(c4c2oc2ccccc24)-c2ccc(CC(Cc4ccc5c(c4)C(C)(C)c4c6c(c7oc8ccccc8c7c4-5)-c4ccccc4C6(C)C)c4ccccc4C)cc2C3(C)C)c(C)c1. The van der Waals surface area contributed by atoms with E-state index in [0.717, 1.165) is 35.2 Å². The molecule has 0 N–H and O–H groups in total. The summed E-state index contributed by atoms with van der Waals surface area (Å²) in [6, 6.07) is 59.5. The lowest BCUT2D eigenvalue weighted by atomic mass is 9.72. The summed E-state index contributed by atoms with van der Waals surface area (Å²) in [4.78, 5) is 0. The topological polar surface area (TPSA) is 26.3 Å². The predicted molar refractivity (Wildman–Crippen MR) is 296 cm³/mol. The van der Waals surface area contributed by atoms with E-state index in [4.69, 9.17) is 8.83 Å². The highest BCUT2D eigenvalue weighted by Gasteiger charge is 2.48. The average Bonchev–Trinajstić information content (AvgIpc) is 4.11. The Kier molecular flexibility index (Phi) is 8.72. The van der Waals surface area contributed by atoms with Crippen LogP contribution in [0.1, 0.15) is 114 Å². The standard InChI is InChI=1S/C69H58O2/c1-38-26-29-45(40(3)32-38)51-37-55-58(60-49-21-13-16-24-56(49)70-65(51)60)47-30-27-41(35-53(47)67(55,4)5)33-43(44-19-11-10-18-39(44)2)34-42-28-31-48-54(36-42)69(8,9)63-59(48)61-50-22-14-17-25-57(50)71-66(61)62-46-20-12-15-23-52(46)68(6,7)64(62)63/h10-32,35-37,43H,33-34H2,1-9H3. The lowest BCUT2D eigenvalue weighted by molar-refractivity contribution is 0.598. The summed E-state index contributed by atoms with van der Waals surface area (Å²) in [6.45, 7) is 21.4. The van der Waals surface area contributed by atoms with Crippen LogP contribution in [0.4, 0.5) is 0 Å². The first-order valence-electron chi connectivity index (χ1n) is 25.7. The van der Waals surface area contributed by atoms with E-state index >= 15 is 0 Å². The first-order chi connectivity index (χ1) is 34.2. The van der Waals surface area contributed by atoms with Gasteiger partial charge in [-0.05, 0) is 152 Å². The van der Waals surface area contributed by atoms with Gasteiger partial charge in [-0.25, -0.2) is 0 Å². The molecule has 0 spiro atoms. The van der Waals surface area contributed by atoms with E-state index in [-0.39, 0.29) is 22.2 Å². The molecule has 1 unspecified atom stereocenters. The summed E-state index contributed by atoms with van der Waals surface area (Å²) in [5.74, 6) is 0.272. The van der Waals surface area contributed by atoms with E-state index in [1.165, 1.54) is 133 Å². The summed E-state index contributed by atoms with van der Waals surface area (Å²) in [5, 5.41) is 4.86. The molecule has 0 saturated carbocycles. The highest BCUT2D eigenvalue weighted by molar-refractivity contribution is 6.21. The van der Waals surface area contributed by atoms with Crippen LogP contribution < -0.4 is 0 Å². The Hall–Kier alpha value is -7.42. The molecule has 3 aliphatic rings. The van der Waals surface area contributed by atoms with Crippen LogP contribution in [0.15, 0.2) is 167 Å². The molecule has 2 nitrogen and oxygen atoms in total. The zero-order valence-electron chi connectivity index (χ0n) is 42.3. The van der Waals surface area contributed by atoms with Crippen LogP contribution in [-0.4, -0.2) is 0 Å². The number of fused-ring (bicyclic) bond motifs is 19. The molecule has 71 heavy (non-hydrogen) atoms. The largest absolute Gasteiger partial charge is 0.455 e. The second-order valence-electron chi connectivity index (χ2n) is 22.9. The maximum Gasteiger partial charge on any atom is 0.144 e. The molecule has 0 aliphatic heterocycles. The third-order valence-electron chi connectivity index (χ3n) is 17.6. The van der Waals surface area contributed by atoms with Gasteiger partial charge in [0.2, 0.25) is 0 Å². The maximum atomic E-state index is 6.97. The molecule has 346 valence electrons. The van der Waals surface area contributed by atoms with Gasteiger partial charge in [-0.15, -0.1) is 0 Å². The van der Waals surface area contributed by atoms with Gasteiger partial charge in [0.25, 0.3) is 0 Å². The van der Waals surface area contributed by atoms with E-state index < -0.39 is 0 Å². The highest BCUT2D eigenvalue weighted by atomic mass is 16.3.